The van der Waals surface area contributed by atoms with Gasteiger partial charge < -0.3 is 4.90 Å². The quantitative estimate of drug-likeness (QED) is 0.852. The van der Waals surface area contributed by atoms with Gasteiger partial charge >= 0.3 is 0 Å². The van der Waals surface area contributed by atoms with E-state index in [-0.39, 0.29) is 4.87 Å². The molecular weight excluding hydrogens is 292 g/mol. The predicted molar refractivity (Wildman–Crippen MR) is 92.7 cm³/mol. The molecular formula is C18H26N2OS. The molecule has 0 N–H and O–H groups in total. The van der Waals surface area contributed by atoms with Gasteiger partial charge in [-0.1, -0.05) is 44.2 Å². The van der Waals surface area contributed by atoms with Crippen molar-refractivity contribution in [1.29, 1.82) is 0 Å². The Kier molecular flexibility index (Phi) is 4.79. The summed E-state index contributed by atoms with van der Waals surface area (Å²) in [6, 6.07) is 10.7. The van der Waals surface area contributed by atoms with Crippen LogP contribution >= 0.6 is 11.8 Å². The first kappa shape index (κ1) is 15.9. The van der Waals surface area contributed by atoms with Crippen molar-refractivity contribution in [2.24, 2.45) is 5.92 Å². The molecule has 2 aliphatic rings. The van der Waals surface area contributed by atoms with E-state index in [9.17, 15) is 4.79 Å². The maximum Gasteiger partial charge on any atom is 0.222 e. The smallest absolute Gasteiger partial charge is 0.222 e. The van der Waals surface area contributed by atoms with E-state index < -0.39 is 0 Å². The molecule has 1 atom stereocenters. The van der Waals surface area contributed by atoms with Gasteiger partial charge in [0.25, 0.3) is 0 Å². The van der Waals surface area contributed by atoms with Gasteiger partial charge in [0.2, 0.25) is 5.91 Å². The predicted octanol–water partition coefficient (Wildman–Crippen LogP) is 3.21. The molecule has 2 heterocycles. The Bertz CT molecular complexity index is 519. The lowest BCUT2D eigenvalue weighted by molar-refractivity contribution is -0.131. The van der Waals surface area contributed by atoms with Crippen LogP contribution in [0.5, 0.6) is 0 Å². The molecule has 2 aliphatic heterocycles. The number of amides is 1. The van der Waals surface area contributed by atoms with E-state index in [2.05, 4.69) is 65.7 Å². The molecule has 0 radical (unpaired) electrons. The average molecular weight is 318 g/mol. The molecule has 1 aromatic carbocycles. The van der Waals surface area contributed by atoms with Crippen molar-refractivity contribution >= 4 is 17.7 Å². The van der Waals surface area contributed by atoms with Gasteiger partial charge in [-0.05, 0) is 17.9 Å². The number of likely N-dealkylation sites (tertiary alicyclic amines) is 1. The van der Waals surface area contributed by atoms with Crippen molar-refractivity contribution in [2.75, 3.05) is 25.4 Å². The Labute approximate surface area is 138 Å². The molecule has 120 valence electrons. The SMILES string of the molecule is CC(C)CC(=O)N1CCC2(C1)SCCN2Cc1ccccc1. The van der Waals surface area contributed by atoms with E-state index in [1.807, 2.05) is 0 Å². The summed E-state index contributed by atoms with van der Waals surface area (Å²) in [5, 5.41) is 0. The lowest BCUT2D eigenvalue weighted by atomic mass is 10.1. The lowest BCUT2D eigenvalue weighted by Crippen LogP contribution is -2.44. The van der Waals surface area contributed by atoms with E-state index in [1.54, 1.807) is 0 Å². The minimum atomic E-state index is 0.155. The van der Waals surface area contributed by atoms with Crippen LogP contribution in [0.3, 0.4) is 0 Å². The number of hydrogen-bond donors (Lipinski definition) is 0. The van der Waals surface area contributed by atoms with Gasteiger partial charge in [0.1, 0.15) is 0 Å². The van der Waals surface area contributed by atoms with E-state index in [0.717, 1.165) is 32.6 Å². The number of thioether (sulfide) groups is 1. The minimum Gasteiger partial charge on any atom is -0.340 e. The van der Waals surface area contributed by atoms with Crippen LogP contribution in [0.25, 0.3) is 0 Å². The fourth-order valence-corrected chi connectivity index (χ4v) is 5.01. The summed E-state index contributed by atoms with van der Waals surface area (Å²) in [5.74, 6) is 1.96. The zero-order valence-corrected chi connectivity index (χ0v) is 14.4. The van der Waals surface area contributed by atoms with Crippen molar-refractivity contribution in [1.82, 2.24) is 9.80 Å². The van der Waals surface area contributed by atoms with Crippen LogP contribution in [0.2, 0.25) is 0 Å². The Balaban J connectivity index is 1.66. The monoisotopic (exact) mass is 318 g/mol. The Morgan fingerprint density at radius 1 is 1.27 bits per heavy atom. The summed E-state index contributed by atoms with van der Waals surface area (Å²) in [6.45, 7) is 8.19. The second kappa shape index (κ2) is 6.63. The number of carbonyl (C=O) groups excluding carboxylic acids is 1. The van der Waals surface area contributed by atoms with Crippen LogP contribution in [0.4, 0.5) is 0 Å². The number of benzene rings is 1. The lowest BCUT2D eigenvalue weighted by Gasteiger charge is -2.34. The molecule has 1 spiro atoms. The van der Waals surface area contributed by atoms with Gasteiger partial charge in [-0.25, -0.2) is 0 Å². The second-order valence-corrected chi connectivity index (χ2v) is 8.32. The molecule has 4 heteroatoms. The number of nitrogens with zero attached hydrogens (tertiary/aromatic N) is 2. The van der Waals surface area contributed by atoms with Crippen molar-refractivity contribution in [3.8, 4) is 0 Å². The Morgan fingerprint density at radius 2 is 2.05 bits per heavy atom. The Morgan fingerprint density at radius 3 is 2.77 bits per heavy atom. The molecule has 0 saturated carbocycles. The van der Waals surface area contributed by atoms with Gasteiger partial charge in [0.15, 0.2) is 0 Å². The topological polar surface area (TPSA) is 23.6 Å². The van der Waals surface area contributed by atoms with Crippen LogP contribution < -0.4 is 0 Å². The molecule has 0 bridgehead atoms. The zero-order valence-electron chi connectivity index (χ0n) is 13.6. The third kappa shape index (κ3) is 3.33. The number of carbonyl (C=O) groups is 1. The number of hydrogen-bond acceptors (Lipinski definition) is 3. The fourth-order valence-electron chi connectivity index (χ4n) is 3.50. The minimum absolute atomic E-state index is 0.155. The van der Waals surface area contributed by atoms with Gasteiger partial charge in [-0.3, -0.25) is 9.69 Å². The van der Waals surface area contributed by atoms with Gasteiger partial charge in [0, 0.05) is 38.4 Å². The van der Waals surface area contributed by atoms with Crippen LogP contribution in [0.1, 0.15) is 32.3 Å². The van der Waals surface area contributed by atoms with E-state index in [4.69, 9.17) is 0 Å². The van der Waals surface area contributed by atoms with Crippen LogP contribution in [0.15, 0.2) is 30.3 Å². The fraction of sp³-hybridized carbons (Fsp3) is 0.611. The average Bonchev–Trinajstić information content (AvgIpc) is 3.08. The Hall–Kier alpha value is -1.00. The first-order valence-electron chi connectivity index (χ1n) is 8.30. The standard InChI is InChI=1S/C18H26N2OS/c1-15(2)12-17(21)19-9-8-18(14-19)20(10-11-22-18)13-16-6-4-3-5-7-16/h3-7,15H,8-14H2,1-2H3. The molecule has 3 rings (SSSR count). The van der Waals surface area contributed by atoms with E-state index in [0.29, 0.717) is 18.2 Å². The first-order valence-corrected chi connectivity index (χ1v) is 9.28. The molecule has 0 aromatic heterocycles. The maximum absolute atomic E-state index is 12.4. The summed E-state index contributed by atoms with van der Waals surface area (Å²) in [7, 11) is 0. The summed E-state index contributed by atoms with van der Waals surface area (Å²) >= 11 is 2.05. The van der Waals surface area contributed by atoms with Crippen LogP contribution in [0, 0.1) is 5.92 Å². The third-order valence-electron chi connectivity index (χ3n) is 4.67. The number of rotatable bonds is 4. The molecule has 0 aliphatic carbocycles. The third-order valence-corrected chi connectivity index (χ3v) is 6.19. The molecule has 1 aromatic rings. The second-order valence-electron chi connectivity index (χ2n) is 6.87. The van der Waals surface area contributed by atoms with Gasteiger partial charge in [-0.2, -0.15) is 0 Å². The molecule has 2 saturated heterocycles. The van der Waals surface area contributed by atoms with Gasteiger partial charge in [-0.15, -0.1) is 11.8 Å². The summed E-state index contributed by atoms with van der Waals surface area (Å²) in [4.78, 5) is 17.2. The van der Waals surface area contributed by atoms with E-state index in [1.165, 1.54) is 11.3 Å². The highest BCUT2D eigenvalue weighted by atomic mass is 32.2. The first-order chi connectivity index (χ1) is 10.6. The van der Waals surface area contributed by atoms with Crippen LogP contribution in [-0.4, -0.2) is 46.0 Å². The highest BCUT2D eigenvalue weighted by Gasteiger charge is 2.47. The molecule has 22 heavy (non-hydrogen) atoms. The normalized spacial score (nSPS) is 25.5. The molecule has 3 nitrogen and oxygen atoms in total. The molecule has 2 fully saturated rings. The zero-order chi connectivity index (χ0) is 15.6. The molecule has 1 unspecified atom stereocenters. The summed E-state index contributed by atoms with van der Waals surface area (Å²) < 4.78 is 0. The highest BCUT2D eigenvalue weighted by Crippen LogP contribution is 2.44. The van der Waals surface area contributed by atoms with Crippen molar-refractivity contribution in [3.63, 3.8) is 0 Å². The van der Waals surface area contributed by atoms with Gasteiger partial charge in [0.05, 0.1) is 4.87 Å². The summed E-state index contributed by atoms with van der Waals surface area (Å²) in [5.41, 5.74) is 1.37. The maximum atomic E-state index is 12.4. The van der Waals surface area contributed by atoms with Crippen molar-refractivity contribution < 1.29 is 4.79 Å². The van der Waals surface area contributed by atoms with Crippen LogP contribution in [-0.2, 0) is 11.3 Å². The van der Waals surface area contributed by atoms with Crippen molar-refractivity contribution in [2.45, 2.75) is 38.1 Å². The highest BCUT2D eigenvalue weighted by molar-refractivity contribution is 8.00. The summed E-state index contributed by atoms with van der Waals surface area (Å²) in [6.07, 6.45) is 1.79. The van der Waals surface area contributed by atoms with E-state index >= 15 is 0 Å². The largest absolute Gasteiger partial charge is 0.340 e. The molecule has 1 amide bonds. The van der Waals surface area contributed by atoms with Crippen molar-refractivity contribution in [3.05, 3.63) is 35.9 Å².